The van der Waals surface area contributed by atoms with Gasteiger partial charge in [0.25, 0.3) is 0 Å². The molecule has 2 heteroatoms. The average Bonchev–Trinajstić information content (AvgIpc) is 2.44. The molecule has 1 aromatic rings. The van der Waals surface area contributed by atoms with Crippen molar-refractivity contribution >= 4 is 0 Å². The molecular formula is C11H20N2. The van der Waals surface area contributed by atoms with E-state index in [1.165, 1.54) is 49.1 Å². The maximum Gasteiger partial charge on any atom is 0.0656 e. The molecule has 0 fully saturated rings. The number of nitrogens with one attached hydrogen (secondary N) is 1. The van der Waals surface area contributed by atoms with Crippen LogP contribution in [0.2, 0.25) is 0 Å². The highest BCUT2D eigenvalue weighted by Crippen LogP contribution is 2.20. The summed E-state index contributed by atoms with van der Waals surface area (Å²) in [6.45, 7) is 6.12. The molecule has 0 unspecified atom stereocenters. The van der Waals surface area contributed by atoms with Crippen molar-refractivity contribution in [3.05, 3.63) is 17.0 Å². The number of H-pyrrole nitrogens is 1. The molecule has 0 atom stereocenters. The fraction of sp³-hybridized carbons (Fsp3) is 0.727. The van der Waals surface area contributed by atoms with E-state index < -0.39 is 0 Å². The predicted molar refractivity (Wildman–Crippen MR) is 55.9 cm³/mol. The quantitative estimate of drug-likeness (QED) is 0.611. The summed E-state index contributed by atoms with van der Waals surface area (Å²) in [7, 11) is 0. The third-order valence-corrected chi connectivity index (χ3v) is 2.50. The SMILES string of the molecule is CC.Cc1[nH]nc2c1CCCCC2. The van der Waals surface area contributed by atoms with E-state index in [-0.39, 0.29) is 0 Å². The Morgan fingerprint density at radius 1 is 1.08 bits per heavy atom. The van der Waals surface area contributed by atoms with Crippen molar-refractivity contribution in [3.63, 3.8) is 0 Å². The Bertz CT molecular complexity index is 251. The first kappa shape index (κ1) is 10.3. The number of aryl methyl sites for hydroxylation is 2. The van der Waals surface area contributed by atoms with E-state index in [0.29, 0.717) is 0 Å². The third kappa shape index (κ3) is 2.33. The molecule has 1 heterocycles. The molecule has 0 amide bonds. The summed E-state index contributed by atoms with van der Waals surface area (Å²) in [5.41, 5.74) is 4.09. The predicted octanol–water partition coefficient (Wildman–Crippen LogP) is 3.01. The van der Waals surface area contributed by atoms with Gasteiger partial charge in [-0.3, -0.25) is 5.10 Å². The smallest absolute Gasteiger partial charge is 0.0656 e. The lowest BCUT2D eigenvalue weighted by atomic mass is 10.1. The number of nitrogens with zero attached hydrogens (tertiary/aromatic N) is 1. The van der Waals surface area contributed by atoms with Crippen LogP contribution in [-0.2, 0) is 12.8 Å². The van der Waals surface area contributed by atoms with Gasteiger partial charge in [0, 0.05) is 5.69 Å². The van der Waals surface area contributed by atoms with Crippen LogP contribution < -0.4 is 0 Å². The lowest BCUT2D eigenvalue weighted by molar-refractivity contribution is 0.700. The van der Waals surface area contributed by atoms with Crippen molar-refractivity contribution in [1.82, 2.24) is 10.2 Å². The molecular weight excluding hydrogens is 160 g/mol. The molecule has 2 nitrogen and oxygen atoms in total. The highest BCUT2D eigenvalue weighted by Gasteiger charge is 2.12. The van der Waals surface area contributed by atoms with E-state index in [2.05, 4.69) is 17.1 Å². The van der Waals surface area contributed by atoms with Crippen molar-refractivity contribution in [2.75, 3.05) is 0 Å². The zero-order valence-electron chi connectivity index (χ0n) is 8.98. The number of hydrogen-bond acceptors (Lipinski definition) is 1. The molecule has 1 aliphatic carbocycles. The highest BCUT2D eigenvalue weighted by atomic mass is 15.1. The number of aromatic nitrogens is 2. The van der Waals surface area contributed by atoms with Gasteiger partial charge in [0.1, 0.15) is 0 Å². The average molecular weight is 180 g/mol. The third-order valence-electron chi connectivity index (χ3n) is 2.50. The summed E-state index contributed by atoms with van der Waals surface area (Å²) in [4.78, 5) is 0. The zero-order chi connectivity index (χ0) is 9.68. The van der Waals surface area contributed by atoms with Crippen LogP contribution >= 0.6 is 0 Å². The number of fused-ring (bicyclic) bond motifs is 1. The summed E-state index contributed by atoms with van der Waals surface area (Å²) in [5.74, 6) is 0. The maximum absolute atomic E-state index is 4.29. The molecule has 0 aliphatic heterocycles. The second-order valence-corrected chi connectivity index (χ2v) is 3.33. The fourth-order valence-electron chi connectivity index (χ4n) is 1.81. The Morgan fingerprint density at radius 3 is 2.54 bits per heavy atom. The van der Waals surface area contributed by atoms with Crippen LogP contribution in [0.15, 0.2) is 0 Å². The molecule has 13 heavy (non-hydrogen) atoms. The minimum atomic E-state index is 1.18. The van der Waals surface area contributed by atoms with Crippen molar-refractivity contribution in [2.45, 2.75) is 52.9 Å². The molecule has 74 valence electrons. The Morgan fingerprint density at radius 2 is 1.77 bits per heavy atom. The van der Waals surface area contributed by atoms with Crippen LogP contribution in [0.1, 0.15) is 50.1 Å². The molecule has 2 rings (SSSR count). The van der Waals surface area contributed by atoms with E-state index >= 15 is 0 Å². The van der Waals surface area contributed by atoms with Gasteiger partial charge in [-0.05, 0) is 38.2 Å². The summed E-state index contributed by atoms with van der Waals surface area (Å²) in [6.07, 6.45) is 6.44. The lowest BCUT2D eigenvalue weighted by Crippen LogP contribution is -1.87. The number of rotatable bonds is 0. The molecule has 1 aliphatic rings. The fourth-order valence-corrected chi connectivity index (χ4v) is 1.81. The Labute approximate surface area is 80.7 Å². The number of aromatic amines is 1. The second kappa shape index (κ2) is 5.05. The minimum absolute atomic E-state index is 1.18. The van der Waals surface area contributed by atoms with Gasteiger partial charge in [0.15, 0.2) is 0 Å². The first-order valence-corrected chi connectivity index (χ1v) is 5.40. The molecule has 0 aromatic carbocycles. The van der Waals surface area contributed by atoms with Crippen LogP contribution in [0, 0.1) is 6.92 Å². The van der Waals surface area contributed by atoms with Crippen LogP contribution in [0.3, 0.4) is 0 Å². The van der Waals surface area contributed by atoms with E-state index in [4.69, 9.17) is 0 Å². The van der Waals surface area contributed by atoms with Crippen molar-refractivity contribution in [2.24, 2.45) is 0 Å². The Kier molecular flexibility index (Phi) is 4.00. The summed E-state index contributed by atoms with van der Waals surface area (Å²) >= 11 is 0. The van der Waals surface area contributed by atoms with E-state index in [0.717, 1.165) is 0 Å². The second-order valence-electron chi connectivity index (χ2n) is 3.33. The molecule has 0 spiro atoms. The molecule has 1 aromatic heterocycles. The van der Waals surface area contributed by atoms with Crippen LogP contribution in [0.5, 0.6) is 0 Å². The zero-order valence-corrected chi connectivity index (χ0v) is 8.98. The largest absolute Gasteiger partial charge is 0.282 e. The topological polar surface area (TPSA) is 28.7 Å². The van der Waals surface area contributed by atoms with Gasteiger partial charge in [0.2, 0.25) is 0 Å². The van der Waals surface area contributed by atoms with Crippen LogP contribution in [0.4, 0.5) is 0 Å². The monoisotopic (exact) mass is 180 g/mol. The first-order valence-electron chi connectivity index (χ1n) is 5.40. The normalized spacial score (nSPS) is 15.3. The highest BCUT2D eigenvalue weighted by molar-refractivity contribution is 5.25. The van der Waals surface area contributed by atoms with Crippen molar-refractivity contribution < 1.29 is 0 Å². The summed E-state index contributed by atoms with van der Waals surface area (Å²) in [5, 5.41) is 7.35. The van der Waals surface area contributed by atoms with Crippen molar-refractivity contribution in [3.8, 4) is 0 Å². The summed E-state index contributed by atoms with van der Waals surface area (Å²) < 4.78 is 0. The molecule has 0 bridgehead atoms. The lowest BCUT2D eigenvalue weighted by Gasteiger charge is -1.94. The van der Waals surface area contributed by atoms with Gasteiger partial charge in [-0.2, -0.15) is 5.10 Å². The van der Waals surface area contributed by atoms with Gasteiger partial charge in [-0.15, -0.1) is 0 Å². The van der Waals surface area contributed by atoms with E-state index in [1.807, 2.05) is 13.8 Å². The molecule has 0 saturated heterocycles. The van der Waals surface area contributed by atoms with Gasteiger partial charge in [-0.25, -0.2) is 0 Å². The molecule has 0 saturated carbocycles. The van der Waals surface area contributed by atoms with Gasteiger partial charge in [0.05, 0.1) is 5.69 Å². The van der Waals surface area contributed by atoms with Gasteiger partial charge in [-0.1, -0.05) is 20.3 Å². The molecule has 1 N–H and O–H groups in total. The van der Waals surface area contributed by atoms with Crippen LogP contribution in [0.25, 0.3) is 0 Å². The van der Waals surface area contributed by atoms with Crippen molar-refractivity contribution in [1.29, 1.82) is 0 Å². The summed E-state index contributed by atoms with van der Waals surface area (Å²) in [6, 6.07) is 0. The van der Waals surface area contributed by atoms with Gasteiger partial charge >= 0.3 is 0 Å². The van der Waals surface area contributed by atoms with E-state index in [9.17, 15) is 0 Å². The number of hydrogen-bond donors (Lipinski definition) is 1. The minimum Gasteiger partial charge on any atom is -0.282 e. The Balaban J connectivity index is 0.000000396. The Hall–Kier alpha value is -0.790. The van der Waals surface area contributed by atoms with E-state index in [1.54, 1.807) is 0 Å². The molecule has 0 radical (unpaired) electrons. The standard InChI is InChI=1S/C9H14N2.C2H6/c1-7-8-5-3-2-4-6-9(8)11-10-7;1-2/h2-6H2,1H3,(H,10,11);1-2H3. The van der Waals surface area contributed by atoms with Gasteiger partial charge < -0.3 is 0 Å². The maximum atomic E-state index is 4.29. The van der Waals surface area contributed by atoms with Crippen LogP contribution in [-0.4, -0.2) is 10.2 Å². The first-order chi connectivity index (χ1) is 6.38.